The Labute approximate surface area is 161 Å². The van der Waals surface area contributed by atoms with Gasteiger partial charge in [-0.1, -0.05) is 41.7 Å². The first-order chi connectivity index (χ1) is 13.1. The number of hydrogen-bond acceptors (Lipinski definition) is 5. The first-order valence-electron chi connectivity index (χ1n) is 8.64. The van der Waals surface area contributed by atoms with Crippen molar-refractivity contribution >= 4 is 28.3 Å². The lowest BCUT2D eigenvalue weighted by Gasteiger charge is -2.04. The smallest absolute Gasteiger partial charge is 0.263 e. The van der Waals surface area contributed by atoms with Crippen molar-refractivity contribution in [3.8, 4) is 0 Å². The molecule has 0 bridgehead atoms. The molecule has 3 aromatic rings. The van der Waals surface area contributed by atoms with Crippen LogP contribution >= 0.6 is 11.3 Å². The van der Waals surface area contributed by atoms with Crippen LogP contribution in [-0.4, -0.2) is 28.3 Å². The van der Waals surface area contributed by atoms with Crippen molar-refractivity contribution in [2.75, 3.05) is 11.9 Å². The van der Waals surface area contributed by atoms with Gasteiger partial charge in [-0.3, -0.25) is 19.9 Å². The summed E-state index contributed by atoms with van der Waals surface area (Å²) in [5.74, 6) is -0.441. The normalized spacial score (nSPS) is 10.4. The summed E-state index contributed by atoms with van der Waals surface area (Å²) in [6.45, 7) is 2.35. The lowest BCUT2D eigenvalue weighted by Crippen LogP contribution is -2.24. The summed E-state index contributed by atoms with van der Waals surface area (Å²) in [5, 5.41) is 6.05. The molecule has 2 heterocycles. The van der Waals surface area contributed by atoms with Crippen LogP contribution < -0.4 is 10.6 Å². The SMILES string of the molecule is Cc1nc(NC(=O)c2ccncc2)sc1C(=O)NCCCc1ccccc1. The van der Waals surface area contributed by atoms with Crippen LogP contribution in [-0.2, 0) is 6.42 Å². The van der Waals surface area contributed by atoms with Crippen molar-refractivity contribution in [1.82, 2.24) is 15.3 Å². The van der Waals surface area contributed by atoms with Gasteiger partial charge in [0.2, 0.25) is 0 Å². The molecular formula is C20H20N4O2S. The van der Waals surface area contributed by atoms with Crippen LogP contribution in [0.1, 0.15) is 37.7 Å². The van der Waals surface area contributed by atoms with E-state index in [-0.39, 0.29) is 11.8 Å². The molecule has 138 valence electrons. The highest BCUT2D eigenvalue weighted by Crippen LogP contribution is 2.23. The number of amides is 2. The van der Waals surface area contributed by atoms with Gasteiger partial charge in [-0.2, -0.15) is 0 Å². The highest BCUT2D eigenvalue weighted by Gasteiger charge is 2.16. The molecule has 2 aromatic heterocycles. The summed E-state index contributed by atoms with van der Waals surface area (Å²) in [6, 6.07) is 13.4. The van der Waals surface area contributed by atoms with Crippen molar-refractivity contribution < 1.29 is 9.59 Å². The van der Waals surface area contributed by atoms with Gasteiger partial charge in [0.05, 0.1) is 5.69 Å². The highest BCUT2D eigenvalue weighted by atomic mass is 32.1. The fourth-order valence-corrected chi connectivity index (χ4v) is 3.43. The van der Waals surface area contributed by atoms with E-state index in [0.29, 0.717) is 27.8 Å². The van der Waals surface area contributed by atoms with Crippen molar-refractivity contribution in [1.29, 1.82) is 0 Å². The second-order valence-electron chi connectivity index (χ2n) is 5.97. The minimum absolute atomic E-state index is 0.164. The van der Waals surface area contributed by atoms with Gasteiger partial charge in [0.25, 0.3) is 11.8 Å². The second kappa shape index (κ2) is 9.05. The molecule has 27 heavy (non-hydrogen) atoms. The van der Waals surface area contributed by atoms with E-state index in [4.69, 9.17) is 0 Å². The zero-order valence-corrected chi connectivity index (χ0v) is 15.8. The molecule has 0 atom stereocenters. The molecule has 0 spiro atoms. The molecule has 0 radical (unpaired) electrons. The van der Waals surface area contributed by atoms with E-state index in [1.807, 2.05) is 18.2 Å². The van der Waals surface area contributed by atoms with Crippen LogP contribution in [0.4, 0.5) is 5.13 Å². The van der Waals surface area contributed by atoms with Crippen molar-refractivity contribution in [3.05, 3.63) is 76.6 Å². The number of carbonyl (C=O) groups excluding carboxylic acids is 2. The fourth-order valence-electron chi connectivity index (χ4n) is 2.55. The number of anilines is 1. The maximum Gasteiger partial charge on any atom is 0.263 e. The fraction of sp³-hybridized carbons (Fsp3) is 0.200. The topological polar surface area (TPSA) is 84.0 Å². The largest absolute Gasteiger partial charge is 0.351 e. The molecular weight excluding hydrogens is 360 g/mol. The highest BCUT2D eigenvalue weighted by molar-refractivity contribution is 7.17. The number of rotatable bonds is 7. The third-order valence-corrected chi connectivity index (χ3v) is 5.01. The number of hydrogen-bond donors (Lipinski definition) is 2. The van der Waals surface area contributed by atoms with E-state index < -0.39 is 0 Å². The molecule has 0 aliphatic heterocycles. The summed E-state index contributed by atoms with van der Waals surface area (Å²) >= 11 is 1.17. The van der Waals surface area contributed by atoms with Crippen LogP contribution in [0.3, 0.4) is 0 Å². The van der Waals surface area contributed by atoms with E-state index in [0.717, 1.165) is 12.8 Å². The Morgan fingerprint density at radius 1 is 1.04 bits per heavy atom. The van der Waals surface area contributed by atoms with Crippen molar-refractivity contribution in [3.63, 3.8) is 0 Å². The van der Waals surface area contributed by atoms with E-state index in [2.05, 4.69) is 32.7 Å². The molecule has 0 unspecified atom stereocenters. The summed E-state index contributed by atoms with van der Waals surface area (Å²) < 4.78 is 0. The maximum atomic E-state index is 12.4. The van der Waals surface area contributed by atoms with E-state index in [1.54, 1.807) is 31.5 Å². The van der Waals surface area contributed by atoms with E-state index >= 15 is 0 Å². The molecule has 0 aliphatic rings. The molecule has 7 heteroatoms. The molecule has 2 N–H and O–H groups in total. The van der Waals surface area contributed by atoms with E-state index in [9.17, 15) is 9.59 Å². The average molecular weight is 380 g/mol. The second-order valence-corrected chi connectivity index (χ2v) is 6.97. The number of aryl methyl sites for hydroxylation is 2. The zero-order chi connectivity index (χ0) is 19.1. The van der Waals surface area contributed by atoms with Gasteiger partial charge in [0.1, 0.15) is 4.88 Å². The third-order valence-electron chi connectivity index (χ3n) is 3.94. The predicted molar refractivity (Wildman–Crippen MR) is 106 cm³/mol. The maximum absolute atomic E-state index is 12.4. The van der Waals surface area contributed by atoms with Crippen molar-refractivity contribution in [2.24, 2.45) is 0 Å². The number of benzene rings is 1. The summed E-state index contributed by atoms with van der Waals surface area (Å²) in [7, 11) is 0. The molecule has 2 amide bonds. The van der Waals surface area contributed by atoms with Gasteiger partial charge in [-0.15, -0.1) is 0 Å². The van der Waals surface area contributed by atoms with Crippen LogP contribution in [0.2, 0.25) is 0 Å². The number of pyridine rings is 1. The Kier molecular flexibility index (Phi) is 6.27. The lowest BCUT2D eigenvalue weighted by molar-refractivity contribution is 0.0955. The average Bonchev–Trinajstić information content (AvgIpc) is 3.06. The Balaban J connectivity index is 1.52. The Morgan fingerprint density at radius 3 is 2.52 bits per heavy atom. The predicted octanol–water partition coefficient (Wildman–Crippen LogP) is 3.46. The number of thiazole rings is 1. The Hall–Kier alpha value is -3.06. The summed E-state index contributed by atoms with van der Waals surface area (Å²) in [5.41, 5.74) is 2.34. The van der Waals surface area contributed by atoms with Gasteiger partial charge < -0.3 is 5.32 Å². The molecule has 0 fully saturated rings. The quantitative estimate of drug-likeness (QED) is 0.615. The van der Waals surface area contributed by atoms with Gasteiger partial charge in [-0.05, 0) is 37.5 Å². The van der Waals surface area contributed by atoms with Crippen LogP contribution in [0, 0.1) is 6.92 Å². The summed E-state index contributed by atoms with van der Waals surface area (Å²) in [6.07, 6.45) is 4.88. The van der Waals surface area contributed by atoms with Gasteiger partial charge in [0, 0.05) is 24.5 Å². The van der Waals surface area contributed by atoms with Crippen LogP contribution in [0.25, 0.3) is 0 Å². The number of aromatic nitrogens is 2. The number of carbonyl (C=O) groups is 2. The minimum atomic E-state index is -0.277. The zero-order valence-electron chi connectivity index (χ0n) is 14.9. The Bertz CT molecular complexity index is 910. The lowest BCUT2D eigenvalue weighted by atomic mass is 10.1. The molecule has 0 saturated heterocycles. The molecule has 6 nitrogen and oxygen atoms in total. The van der Waals surface area contributed by atoms with Crippen LogP contribution in [0.15, 0.2) is 54.9 Å². The minimum Gasteiger partial charge on any atom is -0.351 e. The standard InChI is InChI=1S/C20H20N4O2S/c1-14-17(19(26)22-11-5-8-15-6-3-2-4-7-15)27-20(23-14)24-18(25)16-9-12-21-13-10-16/h2-4,6-7,9-10,12-13H,5,8,11H2,1H3,(H,22,26)(H,23,24,25). The van der Waals surface area contributed by atoms with Gasteiger partial charge >= 0.3 is 0 Å². The monoisotopic (exact) mass is 380 g/mol. The number of nitrogens with one attached hydrogen (secondary N) is 2. The summed E-state index contributed by atoms with van der Waals surface area (Å²) in [4.78, 5) is 33.2. The molecule has 0 saturated carbocycles. The third kappa shape index (κ3) is 5.21. The first-order valence-corrected chi connectivity index (χ1v) is 9.46. The van der Waals surface area contributed by atoms with Gasteiger partial charge in [0.15, 0.2) is 5.13 Å². The first kappa shape index (κ1) is 18.7. The number of nitrogens with zero attached hydrogens (tertiary/aromatic N) is 2. The van der Waals surface area contributed by atoms with Crippen LogP contribution in [0.5, 0.6) is 0 Å². The Morgan fingerprint density at radius 2 is 1.78 bits per heavy atom. The van der Waals surface area contributed by atoms with Crippen molar-refractivity contribution in [2.45, 2.75) is 19.8 Å². The van der Waals surface area contributed by atoms with E-state index in [1.165, 1.54) is 16.9 Å². The molecule has 0 aliphatic carbocycles. The van der Waals surface area contributed by atoms with Gasteiger partial charge in [-0.25, -0.2) is 4.98 Å². The molecule has 1 aromatic carbocycles. The molecule has 3 rings (SSSR count).